The molecule has 2 N–H and O–H groups in total. The van der Waals surface area contributed by atoms with Crippen molar-refractivity contribution in [2.75, 3.05) is 25.6 Å². The number of hydrogen-bond acceptors (Lipinski definition) is 5. The number of anilines is 1. The number of aryl methyl sites for hydroxylation is 1. The molecule has 2 heterocycles. The lowest BCUT2D eigenvalue weighted by atomic mass is 9.75. The van der Waals surface area contributed by atoms with E-state index >= 15 is 0 Å². The van der Waals surface area contributed by atoms with E-state index in [4.69, 9.17) is 9.47 Å². The van der Waals surface area contributed by atoms with Crippen LogP contribution in [0.3, 0.4) is 0 Å². The SMILES string of the molecule is CCOC(=O)c1cc2cc(NC(=O)[C@H]3NCCC3C3CCC(OC)CC3)ccc2n1C. The molecule has 1 saturated carbocycles. The molecule has 31 heavy (non-hydrogen) atoms. The molecule has 1 saturated heterocycles. The van der Waals surface area contributed by atoms with Gasteiger partial charge in [-0.25, -0.2) is 4.79 Å². The number of carbonyl (C=O) groups is 2. The molecular formula is C24H33N3O4. The first kappa shape index (κ1) is 21.8. The molecule has 1 aliphatic heterocycles. The van der Waals surface area contributed by atoms with Crippen molar-refractivity contribution >= 4 is 28.5 Å². The Balaban J connectivity index is 1.45. The second kappa shape index (κ2) is 9.40. The summed E-state index contributed by atoms with van der Waals surface area (Å²) < 4.78 is 12.5. The molecular weight excluding hydrogens is 394 g/mol. The van der Waals surface area contributed by atoms with Gasteiger partial charge >= 0.3 is 5.97 Å². The molecule has 2 fully saturated rings. The number of ether oxygens (including phenoxy) is 2. The lowest BCUT2D eigenvalue weighted by molar-refractivity contribution is -0.119. The van der Waals surface area contributed by atoms with Gasteiger partial charge in [-0.1, -0.05) is 0 Å². The highest BCUT2D eigenvalue weighted by molar-refractivity contribution is 6.00. The largest absolute Gasteiger partial charge is 0.461 e. The van der Waals surface area contributed by atoms with Crippen LogP contribution in [0.5, 0.6) is 0 Å². The maximum atomic E-state index is 13.1. The Kier molecular flexibility index (Phi) is 6.62. The summed E-state index contributed by atoms with van der Waals surface area (Å²) in [6.07, 6.45) is 5.83. The van der Waals surface area contributed by atoms with Crippen molar-refractivity contribution in [2.45, 2.75) is 51.2 Å². The Bertz CT molecular complexity index is 946. The van der Waals surface area contributed by atoms with Crippen LogP contribution in [0.15, 0.2) is 24.3 Å². The van der Waals surface area contributed by atoms with Crippen LogP contribution in [0.25, 0.3) is 10.9 Å². The zero-order valence-electron chi connectivity index (χ0n) is 18.6. The van der Waals surface area contributed by atoms with E-state index in [0.29, 0.717) is 30.2 Å². The van der Waals surface area contributed by atoms with Gasteiger partial charge < -0.3 is 24.7 Å². The van der Waals surface area contributed by atoms with Crippen molar-refractivity contribution in [1.29, 1.82) is 0 Å². The first-order valence-electron chi connectivity index (χ1n) is 11.4. The lowest BCUT2D eigenvalue weighted by Gasteiger charge is -2.33. The van der Waals surface area contributed by atoms with Crippen molar-refractivity contribution in [3.05, 3.63) is 30.0 Å². The van der Waals surface area contributed by atoms with Crippen molar-refractivity contribution < 1.29 is 19.1 Å². The summed E-state index contributed by atoms with van der Waals surface area (Å²) in [5.41, 5.74) is 2.17. The standard InChI is InChI=1S/C24H33N3O4/c1-4-31-24(29)21-14-16-13-17(7-10-20(16)27(21)2)26-23(28)22-19(11-12-25-22)15-5-8-18(30-3)9-6-15/h7,10,13-15,18-19,22,25H,4-6,8-9,11-12H2,1-3H3,(H,26,28)/t15?,18?,19?,22-/m0/s1. The van der Waals surface area contributed by atoms with Crippen molar-refractivity contribution in [3.8, 4) is 0 Å². The van der Waals surface area contributed by atoms with Crippen molar-refractivity contribution in [2.24, 2.45) is 18.9 Å². The molecule has 2 atom stereocenters. The number of rotatable bonds is 6. The summed E-state index contributed by atoms with van der Waals surface area (Å²) in [4.78, 5) is 25.3. The number of benzene rings is 1. The van der Waals surface area contributed by atoms with Crippen LogP contribution in [0, 0.1) is 11.8 Å². The lowest BCUT2D eigenvalue weighted by Crippen LogP contribution is -2.43. The molecule has 0 radical (unpaired) electrons. The molecule has 1 amide bonds. The first-order chi connectivity index (χ1) is 15.0. The molecule has 168 valence electrons. The van der Waals surface area contributed by atoms with Crippen LogP contribution in [0.2, 0.25) is 0 Å². The van der Waals surface area contributed by atoms with Gasteiger partial charge in [0, 0.05) is 30.7 Å². The normalized spacial score (nSPS) is 26.2. The van der Waals surface area contributed by atoms with Gasteiger partial charge in [-0.05, 0) is 81.7 Å². The molecule has 2 aromatic rings. The molecule has 7 heteroatoms. The van der Waals surface area contributed by atoms with Gasteiger partial charge in [0.1, 0.15) is 5.69 Å². The van der Waals surface area contributed by atoms with Crippen molar-refractivity contribution in [1.82, 2.24) is 9.88 Å². The first-order valence-corrected chi connectivity index (χ1v) is 11.4. The van der Waals surface area contributed by atoms with Crippen LogP contribution in [-0.4, -0.2) is 48.9 Å². The average Bonchev–Trinajstić information content (AvgIpc) is 3.39. The van der Waals surface area contributed by atoms with Gasteiger partial charge in [0.15, 0.2) is 0 Å². The zero-order chi connectivity index (χ0) is 22.0. The third-order valence-corrected chi connectivity index (χ3v) is 7.00. The summed E-state index contributed by atoms with van der Waals surface area (Å²) in [5.74, 6) is 0.625. The topological polar surface area (TPSA) is 81.6 Å². The fourth-order valence-electron chi connectivity index (χ4n) is 5.32. The van der Waals surface area contributed by atoms with Gasteiger partial charge in [0.2, 0.25) is 5.91 Å². The number of methoxy groups -OCH3 is 1. The molecule has 4 rings (SSSR count). The van der Waals surface area contributed by atoms with Gasteiger partial charge in [-0.2, -0.15) is 0 Å². The van der Waals surface area contributed by atoms with Crippen molar-refractivity contribution in [3.63, 3.8) is 0 Å². The molecule has 7 nitrogen and oxygen atoms in total. The number of carbonyl (C=O) groups excluding carboxylic acids is 2. The van der Waals surface area contributed by atoms with Crippen LogP contribution >= 0.6 is 0 Å². The number of fused-ring (bicyclic) bond motifs is 1. The minimum Gasteiger partial charge on any atom is -0.461 e. The maximum Gasteiger partial charge on any atom is 0.354 e. The van der Waals surface area contributed by atoms with Gasteiger partial charge in [0.05, 0.1) is 18.8 Å². The summed E-state index contributed by atoms with van der Waals surface area (Å²) in [7, 11) is 3.63. The number of nitrogens with one attached hydrogen (secondary N) is 2. The second-order valence-corrected chi connectivity index (χ2v) is 8.73. The molecule has 0 spiro atoms. The van der Waals surface area contributed by atoms with E-state index < -0.39 is 0 Å². The highest BCUT2D eigenvalue weighted by atomic mass is 16.5. The number of aromatic nitrogens is 1. The van der Waals surface area contributed by atoms with E-state index in [1.54, 1.807) is 14.0 Å². The quantitative estimate of drug-likeness (QED) is 0.690. The van der Waals surface area contributed by atoms with E-state index in [1.165, 1.54) is 0 Å². The minimum atomic E-state index is -0.340. The molecule has 1 aromatic carbocycles. The summed E-state index contributed by atoms with van der Waals surface area (Å²) in [6.45, 7) is 3.01. The summed E-state index contributed by atoms with van der Waals surface area (Å²) in [6, 6.07) is 7.39. The summed E-state index contributed by atoms with van der Waals surface area (Å²) >= 11 is 0. The van der Waals surface area contributed by atoms with E-state index in [9.17, 15) is 9.59 Å². The average molecular weight is 428 g/mol. The predicted molar refractivity (Wildman–Crippen MR) is 120 cm³/mol. The summed E-state index contributed by atoms with van der Waals surface area (Å²) in [5, 5.41) is 7.42. The van der Waals surface area contributed by atoms with Crippen LogP contribution in [-0.2, 0) is 21.3 Å². The molecule has 1 unspecified atom stereocenters. The van der Waals surface area contributed by atoms with Crippen LogP contribution in [0.4, 0.5) is 5.69 Å². The Morgan fingerprint density at radius 2 is 1.94 bits per heavy atom. The Morgan fingerprint density at radius 3 is 2.65 bits per heavy atom. The smallest absolute Gasteiger partial charge is 0.354 e. The number of amides is 1. The number of nitrogens with zero attached hydrogens (tertiary/aromatic N) is 1. The predicted octanol–water partition coefficient (Wildman–Crippen LogP) is 3.48. The van der Waals surface area contributed by atoms with E-state index in [2.05, 4.69) is 10.6 Å². The minimum absolute atomic E-state index is 0.0252. The van der Waals surface area contributed by atoms with Gasteiger partial charge in [0.25, 0.3) is 0 Å². The molecule has 0 bridgehead atoms. The van der Waals surface area contributed by atoms with Crippen LogP contribution < -0.4 is 10.6 Å². The molecule has 2 aliphatic rings. The molecule has 1 aliphatic carbocycles. The van der Waals surface area contributed by atoms with Crippen LogP contribution in [0.1, 0.15) is 49.5 Å². The second-order valence-electron chi connectivity index (χ2n) is 8.73. The fraction of sp³-hybridized carbons (Fsp3) is 0.583. The third kappa shape index (κ3) is 4.48. The third-order valence-electron chi connectivity index (χ3n) is 7.00. The fourth-order valence-corrected chi connectivity index (χ4v) is 5.32. The number of esters is 1. The molecule has 1 aromatic heterocycles. The van der Waals surface area contributed by atoms with Gasteiger partial charge in [-0.15, -0.1) is 0 Å². The zero-order valence-corrected chi connectivity index (χ0v) is 18.6. The highest BCUT2D eigenvalue weighted by Gasteiger charge is 2.39. The maximum absolute atomic E-state index is 13.1. The monoisotopic (exact) mass is 427 g/mol. The van der Waals surface area contributed by atoms with Gasteiger partial charge in [-0.3, -0.25) is 4.79 Å². The van der Waals surface area contributed by atoms with E-state index in [-0.39, 0.29) is 17.9 Å². The Hall–Kier alpha value is -2.38. The van der Waals surface area contributed by atoms with E-state index in [0.717, 1.165) is 55.2 Å². The Morgan fingerprint density at radius 1 is 1.16 bits per heavy atom. The Labute approximate surface area is 183 Å². The van der Waals surface area contributed by atoms with E-state index in [1.807, 2.05) is 35.9 Å². The number of hydrogen-bond donors (Lipinski definition) is 2. The highest BCUT2D eigenvalue weighted by Crippen LogP contribution is 2.37.